The summed E-state index contributed by atoms with van der Waals surface area (Å²) in [4.78, 5) is 44.2. The van der Waals surface area contributed by atoms with E-state index in [-0.39, 0.29) is 29.0 Å². The van der Waals surface area contributed by atoms with E-state index < -0.39 is 11.9 Å². The number of carboxylic acid groups (broad SMARTS) is 1. The molecule has 0 aliphatic rings. The average Bonchev–Trinajstić information content (AvgIpc) is 3.95. The summed E-state index contributed by atoms with van der Waals surface area (Å²) in [5, 5.41) is 37.1. The maximum Gasteiger partial charge on any atom is 0.337 e. The third-order valence-electron chi connectivity index (χ3n) is 9.51. The molecule has 1 atom stereocenters. The van der Waals surface area contributed by atoms with Crippen molar-refractivity contribution < 1.29 is 29.0 Å². The molecule has 5 aromatic carbocycles. The van der Waals surface area contributed by atoms with Crippen molar-refractivity contribution in [2.45, 2.75) is 40.0 Å². The number of anilines is 2. The normalized spacial score (nSPS) is 10.4. The Bertz CT molecular complexity index is 2780. The number of halogens is 5. The smallest absolute Gasteiger partial charge is 0.337 e. The van der Waals surface area contributed by atoms with Crippen LogP contribution in [0.3, 0.4) is 0 Å². The molecule has 2 aromatic heterocycles. The number of nitrogens with two attached hydrogens (primary N) is 1. The van der Waals surface area contributed by atoms with Crippen LogP contribution in [0.25, 0.3) is 22.5 Å². The lowest BCUT2D eigenvalue weighted by atomic mass is 9.97. The van der Waals surface area contributed by atoms with Crippen molar-refractivity contribution in [3.8, 4) is 28.6 Å². The number of carbonyl (C=O) groups is 4. The fraction of sp³-hybridized carbons (Fsp3) is 0.180. The highest BCUT2D eigenvalue weighted by Gasteiger charge is 2.17. The molecule has 2 heterocycles. The van der Waals surface area contributed by atoms with Crippen molar-refractivity contribution in [2.24, 2.45) is 5.92 Å². The molecular formula is C50H48Cl5N7O6S. The number of aromatic nitrogens is 4. The first kappa shape index (κ1) is 57.0. The number of nitrogen functional groups attached to an aromatic ring is 1. The van der Waals surface area contributed by atoms with Crippen molar-refractivity contribution >= 4 is 106 Å². The van der Waals surface area contributed by atoms with Crippen molar-refractivity contribution in [3.05, 3.63) is 174 Å². The number of esters is 1. The first-order valence-electron chi connectivity index (χ1n) is 20.8. The van der Waals surface area contributed by atoms with Crippen LogP contribution >= 0.6 is 70.6 Å². The summed E-state index contributed by atoms with van der Waals surface area (Å²) < 4.78 is 4.49. The molecule has 7 aromatic rings. The van der Waals surface area contributed by atoms with Gasteiger partial charge >= 0.3 is 11.9 Å². The van der Waals surface area contributed by atoms with E-state index in [0.29, 0.717) is 49.3 Å². The molecule has 0 bridgehead atoms. The summed E-state index contributed by atoms with van der Waals surface area (Å²) in [6.07, 6.45) is 2.16. The van der Waals surface area contributed by atoms with Gasteiger partial charge in [0.15, 0.2) is 11.6 Å². The zero-order chi connectivity index (χ0) is 51.0. The number of rotatable bonds is 11. The number of Topliss-reactive ketones (excluding diaryl/α,β-unsaturated/α-hetero) is 1. The number of H-pyrrole nitrogens is 2. The maximum absolute atomic E-state index is 11.7. The van der Waals surface area contributed by atoms with Crippen LogP contribution in [0, 0.1) is 17.2 Å². The zero-order valence-electron chi connectivity index (χ0n) is 37.7. The molecule has 0 saturated carbocycles. The minimum atomic E-state index is -0.934. The number of aromatic carboxylic acids is 1. The Hall–Kier alpha value is -6.31. The van der Waals surface area contributed by atoms with Crippen molar-refractivity contribution in [2.75, 3.05) is 23.9 Å². The van der Waals surface area contributed by atoms with Crippen LogP contribution in [0.1, 0.15) is 69.4 Å². The predicted octanol–water partition coefficient (Wildman–Crippen LogP) is 13.3. The van der Waals surface area contributed by atoms with Gasteiger partial charge in [0.2, 0.25) is 5.91 Å². The largest absolute Gasteiger partial charge is 0.478 e. The van der Waals surface area contributed by atoms with Gasteiger partial charge in [-0.15, -0.1) is 0 Å². The molecule has 0 spiro atoms. The fourth-order valence-electron chi connectivity index (χ4n) is 5.88. The molecule has 6 N–H and O–H groups in total. The molecule has 0 aliphatic heterocycles. The first-order chi connectivity index (χ1) is 33.0. The number of nitrogens with zero attached hydrogens (tertiary/aromatic N) is 3. The van der Waals surface area contributed by atoms with E-state index in [1.54, 1.807) is 60.7 Å². The van der Waals surface area contributed by atoms with Gasteiger partial charge < -0.3 is 20.9 Å². The number of hydrogen-bond acceptors (Lipinski definition) is 10. The molecule has 1 unspecified atom stereocenters. The second kappa shape index (κ2) is 29.5. The summed E-state index contributed by atoms with van der Waals surface area (Å²) in [7, 11) is 1.34. The molecule has 7 rings (SSSR count). The minimum absolute atomic E-state index is 0.131. The number of thiol groups is 1. The van der Waals surface area contributed by atoms with Crippen LogP contribution in [0.4, 0.5) is 11.6 Å². The standard InChI is InChI=1S/C13H14ClN3OS.C11H12ClN3.C11H10ClNO.C8H7ClO2.C7H5ClO2/c1-2-10-12(8-3-5-9(14)6-4-8)16-17-13(10)15-11(18)7-19;1-2-9-10(14-15-11(9)13)7-3-5-8(12)6-4-7;1-2-8(7-13)11(14)9-3-5-10(12)6-4-9;1-11-8(10)6-2-4-7(9)5-3-6;8-6-3-1-5(2-4-6)7(9)10/h3-6,19H,2,7H2,1H3,(H2,15,16,17,18);3-6H,2H2,1H3,(H3,13,14,15);3-6,8H,2H2,1H3;2-5H,1H3;1-4H,(H,9,10). The van der Waals surface area contributed by atoms with E-state index in [1.807, 2.05) is 68.4 Å². The number of aromatic amines is 2. The zero-order valence-corrected chi connectivity index (χ0v) is 42.4. The van der Waals surface area contributed by atoms with E-state index >= 15 is 0 Å². The monoisotopic (exact) mass is 1050 g/mol. The Balaban J connectivity index is 0.000000233. The van der Waals surface area contributed by atoms with E-state index in [0.717, 1.165) is 51.5 Å². The quantitative estimate of drug-likeness (QED) is 0.0409. The SMILES string of the molecule is CCC(C#N)C(=O)c1ccc(Cl)cc1.CCc1c(N)n[nH]c1-c1ccc(Cl)cc1.CCc1c(NC(=O)CS)n[nH]c1-c1ccc(Cl)cc1.COC(=O)c1ccc(Cl)cc1.O=C(O)c1ccc(Cl)cc1. The molecule has 19 heteroatoms. The highest BCUT2D eigenvalue weighted by Crippen LogP contribution is 2.29. The lowest BCUT2D eigenvalue weighted by Crippen LogP contribution is -2.14. The van der Waals surface area contributed by atoms with Crippen LogP contribution < -0.4 is 11.1 Å². The van der Waals surface area contributed by atoms with Gasteiger partial charge in [-0.2, -0.15) is 28.1 Å². The number of nitrogens with one attached hydrogen (secondary N) is 3. The number of ether oxygens (including phenoxy) is 1. The summed E-state index contributed by atoms with van der Waals surface area (Å²) in [5.41, 5.74) is 13.0. The molecule has 0 saturated heterocycles. The number of benzene rings is 5. The van der Waals surface area contributed by atoms with Gasteiger partial charge in [0.05, 0.1) is 41.4 Å². The Morgan fingerprint density at radius 1 is 0.667 bits per heavy atom. The van der Waals surface area contributed by atoms with Gasteiger partial charge in [-0.05, 0) is 127 Å². The van der Waals surface area contributed by atoms with E-state index in [4.69, 9.17) is 74.1 Å². The number of ketones is 1. The number of carbonyl (C=O) groups excluding carboxylic acids is 3. The van der Waals surface area contributed by atoms with Crippen LogP contribution in [0.2, 0.25) is 25.1 Å². The van der Waals surface area contributed by atoms with Gasteiger partial charge in [0, 0.05) is 41.8 Å². The lowest BCUT2D eigenvalue weighted by molar-refractivity contribution is -0.113. The summed E-state index contributed by atoms with van der Waals surface area (Å²) in [6.45, 7) is 5.89. The average molecular weight is 1050 g/mol. The second-order valence-corrected chi connectivity index (χ2v) is 16.6. The summed E-state index contributed by atoms with van der Waals surface area (Å²) in [6, 6.07) is 36.2. The van der Waals surface area contributed by atoms with Crippen LogP contribution in [-0.2, 0) is 22.4 Å². The number of hydrogen-bond donors (Lipinski definition) is 6. The molecule has 13 nitrogen and oxygen atoms in total. The maximum atomic E-state index is 11.7. The topological polar surface area (TPSA) is 217 Å². The molecular weight excluding hydrogens is 1000 g/mol. The molecule has 0 aliphatic carbocycles. The van der Waals surface area contributed by atoms with Crippen LogP contribution in [0.15, 0.2) is 121 Å². The Labute approximate surface area is 430 Å². The van der Waals surface area contributed by atoms with Crippen LogP contribution in [-0.4, -0.2) is 62.0 Å². The number of amides is 1. The van der Waals surface area contributed by atoms with E-state index in [2.05, 4.69) is 50.0 Å². The molecule has 360 valence electrons. The molecule has 0 radical (unpaired) electrons. The summed E-state index contributed by atoms with van der Waals surface area (Å²) >= 11 is 32.5. The molecule has 0 fully saturated rings. The van der Waals surface area contributed by atoms with Crippen molar-refractivity contribution in [3.63, 3.8) is 0 Å². The van der Waals surface area contributed by atoms with E-state index in [9.17, 15) is 19.2 Å². The molecule has 1 amide bonds. The van der Waals surface area contributed by atoms with Crippen molar-refractivity contribution in [1.82, 2.24) is 20.4 Å². The summed E-state index contributed by atoms with van der Waals surface area (Å²) in [5.74, 6) is -0.867. The van der Waals surface area contributed by atoms with Gasteiger partial charge in [-0.3, -0.25) is 19.8 Å². The van der Waals surface area contributed by atoms with Gasteiger partial charge in [0.25, 0.3) is 0 Å². The highest BCUT2D eigenvalue weighted by molar-refractivity contribution is 7.81. The van der Waals surface area contributed by atoms with Gasteiger partial charge in [-0.25, -0.2) is 9.59 Å². The molecule has 69 heavy (non-hydrogen) atoms. The highest BCUT2D eigenvalue weighted by atomic mass is 35.5. The number of carboxylic acids is 1. The third-order valence-corrected chi connectivity index (χ3v) is 11.1. The first-order valence-corrected chi connectivity index (χ1v) is 23.4. The second-order valence-electron chi connectivity index (χ2n) is 14.1. The van der Waals surface area contributed by atoms with Gasteiger partial charge in [0.1, 0.15) is 11.7 Å². The fourth-order valence-corrected chi connectivity index (χ4v) is 6.59. The minimum Gasteiger partial charge on any atom is -0.478 e. The van der Waals surface area contributed by atoms with E-state index in [1.165, 1.54) is 19.2 Å². The Morgan fingerprint density at radius 3 is 1.43 bits per heavy atom. The van der Waals surface area contributed by atoms with Crippen LogP contribution in [0.5, 0.6) is 0 Å². The number of nitriles is 1. The predicted molar refractivity (Wildman–Crippen MR) is 280 cm³/mol. The third kappa shape index (κ3) is 18.3. The Kier molecular flexibility index (Phi) is 24.4. The van der Waals surface area contributed by atoms with Crippen molar-refractivity contribution in [1.29, 1.82) is 5.26 Å². The Morgan fingerprint density at radius 2 is 1.06 bits per heavy atom. The lowest BCUT2D eigenvalue weighted by Gasteiger charge is -2.04. The van der Waals surface area contributed by atoms with Gasteiger partial charge in [-0.1, -0.05) is 103 Å². The number of methoxy groups -OCH3 is 1.